The fraction of sp³-hybridized carbons (Fsp3) is 0.158. The Morgan fingerprint density at radius 3 is 2.48 bits per heavy atom. The highest BCUT2D eigenvalue weighted by Gasteiger charge is 2.11. The van der Waals surface area contributed by atoms with Crippen molar-refractivity contribution in [1.29, 1.82) is 0 Å². The van der Waals surface area contributed by atoms with Gasteiger partial charge in [0.1, 0.15) is 0 Å². The number of carbonyl (C=O) groups excluding carboxylic acids is 1. The molecule has 104 valence electrons. The number of rotatable bonds is 3. The van der Waals surface area contributed by atoms with E-state index in [1.807, 2.05) is 30.3 Å². The number of carbonyl (C=O) groups is 1. The van der Waals surface area contributed by atoms with E-state index in [0.29, 0.717) is 6.42 Å². The smallest absolute Gasteiger partial charge is 0.167 e. The second-order valence-corrected chi connectivity index (χ2v) is 5.47. The first-order valence-electron chi connectivity index (χ1n) is 7.07. The van der Waals surface area contributed by atoms with E-state index < -0.39 is 0 Å². The van der Waals surface area contributed by atoms with Gasteiger partial charge in [-0.1, -0.05) is 47.5 Å². The summed E-state index contributed by atoms with van der Waals surface area (Å²) in [6.45, 7) is 4.12. The molecule has 1 heterocycles. The number of pyridine rings is 1. The number of fused-ring (bicyclic) bond motifs is 1. The van der Waals surface area contributed by atoms with E-state index in [2.05, 4.69) is 37.0 Å². The van der Waals surface area contributed by atoms with Gasteiger partial charge < -0.3 is 0 Å². The number of hydrogen-bond donors (Lipinski definition) is 0. The van der Waals surface area contributed by atoms with Crippen molar-refractivity contribution in [3.05, 3.63) is 77.0 Å². The van der Waals surface area contributed by atoms with Gasteiger partial charge >= 0.3 is 0 Å². The van der Waals surface area contributed by atoms with Crippen molar-refractivity contribution in [1.82, 2.24) is 4.98 Å². The maximum absolute atomic E-state index is 12.6. The fourth-order valence-electron chi connectivity index (χ4n) is 2.79. The summed E-state index contributed by atoms with van der Waals surface area (Å²) >= 11 is 0. The topological polar surface area (TPSA) is 30.0 Å². The van der Waals surface area contributed by atoms with E-state index in [1.54, 1.807) is 6.20 Å². The number of ketones is 1. The molecule has 2 heteroatoms. The minimum atomic E-state index is 0.138. The maximum Gasteiger partial charge on any atom is 0.167 e. The highest BCUT2D eigenvalue weighted by atomic mass is 16.1. The molecule has 21 heavy (non-hydrogen) atoms. The zero-order valence-electron chi connectivity index (χ0n) is 12.3. The number of nitrogens with zero attached hydrogens (tertiary/aromatic N) is 1. The summed E-state index contributed by atoms with van der Waals surface area (Å²) in [6, 6.07) is 15.9. The molecular weight excluding hydrogens is 258 g/mol. The lowest BCUT2D eigenvalue weighted by Crippen LogP contribution is -2.05. The van der Waals surface area contributed by atoms with Crippen LogP contribution in [0.25, 0.3) is 10.9 Å². The Morgan fingerprint density at radius 1 is 1.00 bits per heavy atom. The second-order valence-electron chi connectivity index (χ2n) is 5.47. The molecule has 2 aromatic carbocycles. The second kappa shape index (κ2) is 5.49. The maximum atomic E-state index is 12.6. The summed E-state index contributed by atoms with van der Waals surface area (Å²) < 4.78 is 0. The van der Waals surface area contributed by atoms with Crippen molar-refractivity contribution in [2.75, 3.05) is 0 Å². The Balaban J connectivity index is 1.97. The van der Waals surface area contributed by atoms with E-state index in [1.165, 1.54) is 11.1 Å². The molecule has 0 amide bonds. The van der Waals surface area contributed by atoms with Crippen molar-refractivity contribution in [3.8, 4) is 0 Å². The quantitative estimate of drug-likeness (QED) is 0.668. The summed E-state index contributed by atoms with van der Waals surface area (Å²) in [5.41, 5.74) is 5.07. The largest absolute Gasteiger partial charge is 0.294 e. The number of aromatic nitrogens is 1. The average Bonchev–Trinajstić information content (AvgIpc) is 2.45. The molecule has 0 fully saturated rings. The lowest BCUT2D eigenvalue weighted by atomic mass is 9.98. The van der Waals surface area contributed by atoms with Crippen molar-refractivity contribution in [2.45, 2.75) is 20.3 Å². The van der Waals surface area contributed by atoms with E-state index in [9.17, 15) is 4.79 Å². The van der Waals surface area contributed by atoms with Gasteiger partial charge in [0.15, 0.2) is 5.78 Å². The molecular formula is C19H17NO. The predicted molar refractivity (Wildman–Crippen MR) is 85.7 cm³/mol. The number of hydrogen-bond acceptors (Lipinski definition) is 2. The summed E-state index contributed by atoms with van der Waals surface area (Å²) in [5, 5.41) is 0.925. The summed E-state index contributed by atoms with van der Waals surface area (Å²) in [4.78, 5) is 16.9. The summed E-state index contributed by atoms with van der Waals surface area (Å²) in [7, 11) is 0. The van der Waals surface area contributed by atoms with Crippen LogP contribution in [0.4, 0.5) is 0 Å². The fourth-order valence-corrected chi connectivity index (χ4v) is 2.79. The SMILES string of the molecule is Cc1cc(C)cc(CC(=O)c2ccnc3ccccc23)c1. The van der Waals surface area contributed by atoms with Gasteiger partial charge in [-0.3, -0.25) is 9.78 Å². The Kier molecular flexibility index (Phi) is 3.53. The molecule has 0 N–H and O–H groups in total. The average molecular weight is 275 g/mol. The molecule has 0 saturated carbocycles. The van der Waals surface area contributed by atoms with Crippen LogP contribution in [-0.4, -0.2) is 10.8 Å². The van der Waals surface area contributed by atoms with Crippen molar-refractivity contribution < 1.29 is 4.79 Å². The van der Waals surface area contributed by atoms with Crippen LogP contribution in [0, 0.1) is 13.8 Å². The van der Waals surface area contributed by atoms with Gasteiger partial charge in [-0.2, -0.15) is 0 Å². The van der Waals surface area contributed by atoms with Gasteiger partial charge in [0.25, 0.3) is 0 Å². The molecule has 0 atom stereocenters. The minimum absolute atomic E-state index is 0.138. The Hall–Kier alpha value is -2.48. The molecule has 0 aliphatic heterocycles. The van der Waals surface area contributed by atoms with Crippen LogP contribution in [0.3, 0.4) is 0 Å². The van der Waals surface area contributed by atoms with Gasteiger partial charge in [-0.05, 0) is 31.5 Å². The van der Waals surface area contributed by atoms with E-state index in [-0.39, 0.29) is 5.78 Å². The van der Waals surface area contributed by atoms with Crippen molar-refractivity contribution >= 4 is 16.7 Å². The zero-order chi connectivity index (χ0) is 14.8. The summed E-state index contributed by atoms with van der Waals surface area (Å²) in [5.74, 6) is 0.138. The van der Waals surface area contributed by atoms with Gasteiger partial charge in [0.2, 0.25) is 0 Å². The third-order valence-electron chi connectivity index (χ3n) is 3.60. The standard InChI is InChI=1S/C19H17NO/c1-13-9-14(2)11-15(10-13)12-19(21)17-7-8-20-18-6-4-3-5-16(17)18/h3-11H,12H2,1-2H3. The molecule has 0 aliphatic carbocycles. The van der Waals surface area contributed by atoms with Crippen molar-refractivity contribution in [3.63, 3.8) is 0 Å². The monoisotopic (exact) mass is 275 g/mol. The van der Waals surface area contributed by atoms with Gasteiger partial charge in [0, 0.05) is 23.6 Å². The van der Waals surface area contributed by atoms with Crippen LogP contribution < -0.4 is 0 Å². The third-order valence-corrected chi connectivity index (χ3v) is 3.60. The molecule has 0 spiro atoms. The Labute approximate surface area is 124 Å². The lowest BCUT2D eigenvalue weighted by molar-refractivity contribution is 0.0994. The molecule has 2 nitrogen and oxygen atoms in total. The Bertz CT molecular complexity index is 795. The predicted octanol–water partition coefficient (Wildman–Crippen LogP) is 4.28. The van der Waals surface area contributed by atoms with Gasteiger partial charge in [-0.15, -0.1) is 0 Å². The van der Waals surface area contributed by atoms with E-state index in [4.69, 9.17) is 0 Å². The molecule has 0 bridgehead atoms. The number of para-hydroxylation sites is 1. The lowest BCUT2D eigenvalue weighted by Gasteiger charge is -2.07. The van der Waals surface area contributed by atoms with Crippen LogP contribution >= 0.6 is 0 Å². The van der Waals surface area contributed by atoms with Gasteiger partial charge in [-0.25, -0.2) is 0 Å². The summed E-state index contributed by atoms with van der Waals surface area (Å²) in [6.07, 6.45) is 2.13. The first kappa shape index (κ1) is 13.5. The number of Topliss-reactive ketones (excluding diaryl/α,β-unsaturated/α-hetero) is 1. The van der Waals surface area contributed by atoms with Crippen LogP contribution in [0.2, 0.25) is 0 Å². The van der Waals surface area contributed by atoms with Crippen LogP contribution in [0.15, 0.2) is 54.7 Å². The number of aryl methyl sites for hydroxylation is 2. The van der Waals surface area contributed by atoms with E-state index >= 15 is 0 Å². The molecule has 0 aliphatic rings. The number of benzene rings is 2. The first-order chi connectivity index (χ1) is 10.1. The normalized spacial score (nSPS) is 10.8. The third kappa shape index (κ3) is 2.84. The minimum Gasteiger partial charge on any atom is -0.294 e. The molecule has 0 saturated heterocycles. The molecule has 0 unspecified atom stereocenters. The highest BCUT2D eigenvalue weighted by molar-refractivity contribution is 6.07. The van der Waals surface area contributed by atoms with Crippen LogP contribution in [0.1, 0.15) is 27.0 Å². The Morgan fingerprint density at radius 2 is 1.71 bits per heavy atom. The van der Waals surface area contributed by atoms with E-state index in [0.717, 1.165) is 22.0 Å². The zero-order valence-corrected chi connectivity index (χ0v) is 12.3. The van der Waals surface area contributed by atoms with Crippen LogP contribution in [-0.2, 0) is 6.42 Å². The van der Waals surface area contributed by atoms with Crippen molar-refractivity contribution in [2.24, 2.45) is 0 Å². The first-order valence-corrected chi connectivity index (χ1v) is 7.07. The van der Waals surface area contributed by atoms with Gasteiger partial charge in [0.05, 0.1) is 5.52 Å². The molecule has 0 radical (unpaired) electrons. The molecule has 3 rings (SSSR count). The van der Waals surface area contributed by atoms with Crippen LogP contribution in [0.5, 0.6) is 0 Å². The molecule has 3 aromatic rings. The molecule has 1 aromatic heterocycles. The highest BCUT2D eigenvalue weighted by Crippen LogP contribution is 2.19.